The first-order valence-electron chi connectivity index (χ1n) is 10.8. The fraction of sp³-hybridized carbons (Fsp3) is 0.522. The Labute approximate surface area is 187 Å². The molecule has 2 aliphatic rings. The van der Waals surface area contributed by atoms with Gasteiger partial charge in [-0.05, 0) is 37.5 Å². The van der Waals surface area contributed by atoms with Crippen molar-refractivity contribution in [3.63, 3.8) is 0 Å². The molecule has 2 aromatic rings. The summed E-state index contributed by atoms with van der Waals surface area (Å²) in [6, 6.07) is 7.67. The molecular formula is C23H29N3O4S. The van der Waals surface area contributed by atoms with Gasteiger partial charge in [-0.1, -0.05) is 12.1 Å². The predicted molar refractivity (Wildman–Crippen MR) is 119 cm³/mol. The summed E-state index contributed by atoms with van der Waals surface area (Å²) in [5.41, 5.74) is 1.30. The Kier molecular flexibility index (Phi) is 6.99. The Morgan fingerprint density at radius 2 is 2.03 bits per heavy atom. The molecule has 0 aliphatic carbocycles. The Balaban J connectivity index is 1.23. The van der Waals surface area contributed by atoms with Crippen molar-refractivity contribution in [2.75, 3.05) is 45.9 Å². The van der Waals surface area contributed by atoms with Gasteiger partial charge in [0.15, 0.2) is 0 Å². The third kappa shape index (κ3) is 5.50. The minimum Gasteiger partial charge on any atom is -0.492 e. The zero-order valence-electron chi connectivity index (χ0n) is 17.9. The van der Waals surface area contributed by atoms with Crippen molar-refractivity contribution in [1.82, 2.24) is 14.8 Å². The number of hydrogen-bond donors (Lipinski definition) is 0. The first-order valence-corrected chi connectivity index (χ1v) is 11.7. The number of piperidine rings is 1. The Bertz CT molecular complexity index is 890. The molecule has 0 saturated carbocycles. The molecule has 4 rings (SSSR count). The molecule has 0 unspecified atom stereocenters. The summed E-state index contributed by atoms with van der Waals surface area (Å²) in [7, 11) is 0. The molecule has 0 atom stereocenters. The molecule has 2 fully saturated rings. The summed E-state index contributed by atoms with van der Waals surface area (Å²) in [4.78, 5) is 32.0. The standard InChI is InChI=1S/C23H29N3O4S/c1-18-24-21(16-31-18)22(28)26-12-15-30-23(17-26)7-9-25(10-8-23)11-14-29-20-4-2-19(3-5-20)6-13-27/h2-5,13,16H,6-12,14-15,17H2,1H3. The fourth-order valence-corrected chi connectivity index (χ4v) is 4.83. The van der Waals surface area contributed by atoms with Crippen LogP contribution in [0.2, 0.25) is 0 Å². The molecule has 0 N–H and O–H groups in total. The number of nitrogens with zero attached hydrogens (tertiary/aromatic N) is 3. The first kappa shape index (κ1) is 21.9. The highest BCUT2D eigenvalue weighted by atomic mass is 32.1. The molecule has 2 saturated heterocycles. The van der Waals surface area contributed by atoms with Crippen LogP contribution in [0.1, 0.15) is 33.9 Å². The second-order valence-electron chi connectivity index (χ2n) is 8.21. The number of amides is 1. The second kappa shape index (κ2) is 9.89. The number of rotatable bonds is 7. The van der Waals surface area contributed by atoms with Crippen molar-refractivity contribution in [3.8, 4) is 5.75 Å². The second-order valence-corrected chi connectivity index (χ2v) is 9.28. The molecular weight excluding hydrogens is 414 g/mol. The van der Waals surface area contributed by atoms with Crippen molar-refractivity contribution in [1.29, 1.82) is 0 Å². The minimum absolute atomic E-state index is 0.0158. The quantitative estimate of drug-likeness (QED) is 0.613. The fourth-order valence-electron chi connectivity index (χ4n) is 4.24. The zero-order chi connectivity index (χ0) is 21.7. The third-order valence-corrected chi connectivity index (χ3v) is 6.83. The lowest BCUT2D eigenvalue weighted by molar-refractivity contribution is -0.127. The van der Waals surface area contributed by atoms with Gasteiger partial charge >= 0.3 is 0 Å². The molecule has 1 aromatic heterocycles. The van der Waals surface area contributed by atoms with Crippen molar-refractivity contribution in [3.05, 3.63) is 45.9 Å². The van der Waals surface area contributed by atoms with Crippen LogP contribution < -0.4 is 4.74 Å². The zero-order valence-corrected chi connectivity index (χ0v) is 18.7. The van der Waals surface area contributed by atoms with Gasteiger partial charge in [0, 0.05) is 38.0 Å². The van der Waals surface area contributed by atoms with Crippen molar-refractivity contribution >= 4 is 23.5 Å². The van der Waals surface area contributed by atoms with Gasteiger partial charge in [0.25, 0.3) is 5.91 Å². The van der Waals surface area contributed by atoms with Gasteiger partial charge < -0.3 is 19.2 Å². The Morgan fingerprint density at radius 3 is 2.71 bits per heavy atom. The molecule has 1 amide bonds. The average molecular weight is 444 g/mol. The van der Waals surface area contributed by atoms with Crippen LogP contribution in [0.4, 0.5) is 0 Å². The van der Waals surface area contributed by atoms with E-state index < -0.39 is 0 Å². The number of ether oxygens (including phenoxy) is 2. The number of thiazole rings is 1. The van der Waals surface area contributed by atoms with E-state index in [1.165, 1.54) is 11.3 Å². The van der Waals surface area contributed by atoms with Gasteiger partial charge in [0.1, 0.15) is 24.3 Å². The molecule has 2 aliphatic heterocycles. The van der Waals surface area contributed by atoms with E-state index in [1.807, 2.05) is 41.5 Å². The van der Waals surface area contributed by atoms with E-state index in [9.17, 15) is 9.59 Å². The lowest BCUT2D eigenvalue weighted by atomic mass is 9.89. The van der Waals surface area contributed by atoms with Crippen LogP contribution in [0, 0.1) is 6.92 Å². The van der Waals surface area contributed by atoms with Crippen LogP contribution in [-0.4, -0.2) is 78.5 Å². The molecule has 8 heteroatoms. The lowest BCUT2D eigenvalue weighted by Gasteiger charge is -2.47. The summed E-state index contributed by atoms with van der Waals surface area (Å²) in [6.07, 6.45) is 3.16. The van der Waals surface area contributed by atoms with E-state index >= 15 is 0 Å². The molecule has 1 spiro atoms. The number of aldehydes is 1. The molecule has 3 heterocycles. The highest BCUT2D eigenvalue weighted by Gasteiger charge is 2.41. The van der Waals surface area contributed by atoms with Crippen molar-refractivity contribution in [2.45, 2.75) is 31.8 Å². The number of carbonyl (C=O) groups excluding carboxylic acids is 2. The average Bonchev–Trinajstić information content (AvgIpc) is 3.22. The molecule has 0 bridgehead atoms. The highest BCUT2D eigenvalue weighted by Crippen LogP contribution is 2.31. The molecule has 31 heavy (non-hydrogen) atoms. The minimum atomic E-state index is -0.245. The van der Waals surface area contributed by atoms with Crippen LogP contribution in [0.3, 0.4) is 0 Å². The van der Waals surface area contributed by atoms with E-state index in [1.54, 1.807) is 0 Å². The van der Waals surface area contributed by atoms with Gasteiger partial charge in [-0.2, -0.15) is 0 Å². The molecule has 7 nitrogen and oxygen atoms in total. The number of aromatic nitrogens is 1. The summed E-state index contributed by atoms with van der Waals surface area (Å²) in [5.74, 6) is 0.840. The number of likely N-dealkylation sites (tertiary alicyclic amines) is 1. The maximum atomic E-state index is 12.8. The Morgan fingerprint density at radius 1 is 1.26 bits per heavy atom. The van der Waals surface area contributed by atoms with Crippen LogP contribution >= 0.6 is 11.3 Å². The number of benzene rings is 1. The number of morpholine rings is 1. The maximum Gasteiger partial charge on any atom is 0.273 e. The van der Waals surface area contributed by atoms with E-state index in [4.69, 9.17) is 9.47 Å². The smallest absolute Gasteiger partial charge is 0.273 e. The van der Waals surface area contributed by atoms with Gasteiger partial charge in [0.05, 0.1) is 23.8 Å². The lowest BCUT2D eigenvalue weighted by Crippen LogP contribution is -2.58. The number of aryl methyl sites for hydroxylation is 1. The largest absolute Gasteiger partial charge is 0.492 e. The van der Waals surface area contributed by atoms with Gasteiger partial charge in [-0.15, -0.1) is 11.3 Å². The van der Waals surface area contributed by atoms with Gasteiger partial charge in [-0.3, -0.25) is 9.69 Å². The van der Waals surface area contributed by atoms with Gasteiger partial charge in [-0.25, -0.2) is 4.98 Å². The monoisotopic (exact) mass is 443 g/mol. The number of carbonyl (C=O) groups is 2. The van der Waals surface area contributed by atoms with E-state index in [0.717, 1.165) is 55.1 Å². The number of hydrogen-bond acceptors (Lipinski definition) is 7. The van der Waals surface area contributed by atoms with Crippen molar-refractivity contribution < 1.29 is 19.1 Å². The van der Waals surface area contributed by atoms with Crippen LogP contribution in [-0.2, 0) is 16.0 Å². The van der Waals surface area contributed by atoms with Crippen LogP contribution in [0.25, 0.3) is 0 Å². The predicted octanol–water partition coefficient (Wildman–Crippen LogP) is 2.58. The topological polar surface area (TPSA) is 72.0 Å². The van der Waals surface area contributed by atoms with Crippen LogP contribution in [0.5, 0.6) is 5.75 Å². The summed E-state index contributed by atoms with van der Waals surface area (Å²) >= 11 is 1.51. The normalized spacial score (nSPS) is 18.8. The van der Waals surface area contributed by atoms with E-state index in [-0.39, 0.29) is 11.5 Å². The molecule has 166 valence electrons. The molecule has 0 radical (unpaired) electrons. The first-order chi connectivity index (χ1) is 15.1. The maximum absolute atomic E-state index is 12.8. The van der Waals surface area contributed by atoms with E-state index in [0.29, 0.717) is 38.4 Å². The summed E-state index contributed by atoms with van der Waals surface area (Å²) in [5, 5.41) is 2.76. The SMILES string of the molecule is Cc1nc(C(=O)N2CCOC3(CCN(CCOc4ccc(CC=O)cc4)CC3)C2)cs1. The Hall–Kier alpha value is -2.29. The summed E-state index contributed by atoms with van der Waals surface area (Å²) in [6.45, 7) is 7.10. The third-order valence-electron chi connectivity index (χ3n) is 6.06. The van der Waals surface area contributed by atoms with E-state index in [2.05, 4.69) is 9.88 Å². The van der Waals surface area contributed by atoms with Gasteiger partial charge in [0.2, 0.25) is 0 Å². The summed E-state index contributed by atoms with van der Waals surface area (Å²) < 4.78 is 12.0. The molecule has 1 aromatic carbocycles. The van der Waals surface area contributed by atoms with Crippen LogP contribution in [0.15, 0.2) is 29.6 Å². The highest BCUT2D eigenvalue weighted by molar-refractivity contribution is 7.09. The van der Waals surface area contributed by atoms with Crippen molar-refractivity contribution in [2.24, 2.45) is 0 Å².